The first kappa shape index (κ1) is 30.7. The van der Waals surface area contributed by atoms with Crippen LogP contribution in [0.25, 0.3) is 54.6 Å². The topological polar surface area (TPSA) is 3.24 Å². The molecule has 0 radical (unpaired) electrons. The van der Waals surface area contributed by atoms with Gasteiger partial charge < -0.3 is 4.90 Å². The summed E-state index contributed by atoms with van der Waals surface area (Å²) >= 11 is 2.00. The van der Waals surface area contributed by atoms with Crippen molar-refractivity contribution in [2.45, 2.75) is 50.9 Å². The second-order valence-corrected chi connectivity index (χ2v) is 17.9. The molecule has 0 saturated carbocycles. The number of anilines is 3. The van der Waals surface area contributed by atoms with Gasteiger partial charge in [0.05, 0.1) is 11.4 Å². The second-order valence-electron chi connectivity index (χ2n) is 16.8. The van der Waals surface area contributed by atoms with E-state index < -0.39 is 0 Å². The van der Waals surface area contributed by atoms with Crippen LogP contribution in [0.2, 0.25) is 0 Å². The van der Waals surface area contributed by atoms with Gasteiger partial charge >= 0.3 is 0 Å². The van der Waals surface area contributed by atoms with Crippen molar-refractivity contribution < 1.29 is 0 Å². The van der Waals surface area contributed by atoms with Crippen LogP contribution in [0, 0.1) is 0 Å². The molecule has 1 aromatic heterocycles. The maximum absolute atomic E-state index is 2.61. The normalized spacial score (nSPS) is 16.9. The van der Waals surface area contributed by atoms with E-state index in [1.54, 1.807) is 0 Å². The monoisotopic (exact) mass is 709 g/mol. The molecular weight excluding hydrogens is 671 g/mol. The molecule has 0 N–H and O–H groups in total. The van der Waals surface area contributed by atoms with E-state index in [0.717, 1.165) is 6.42 Å². The number of hydrogen-bond acceptors (Lipinski definition) is 2. The highest BCUT2D eigenvalue weighted by Gasteiger charge is 2.42. The van der Waals surface area contributed by atoms with Gasteiger partial charge in [-0.2, -0.15) is 0 Å². The summed E-state index contributed by atoms with van der Waals surface area (Å²) in [5.41, 5.74) is 23.0. The van der Waals surface area contributed by atoms with E-state index in [1.165, 1.54) is 110 Å². The van der Waals surface area contributed by atoms with Crippen molar-refractivity contribution in [2.75, 3.05) is 4.90 Å². The Balaban J connectivity index is 1.13. The van der Waals surface area contributed by atoms with Gasteiger partial charge in [-0.1, -0.05) is 143 Å². The first-order chi connectivity index (χ1) is 26.3. The molecule has 4 aliphatic carbocycles. The molecule has 2 heteroatoms. The summed E-state index contributed by atoms with van der Waals surface area (Å²) in [6.45, 7) is 9.55. The smallest absolute Gasteiger partial charge is 0.0543 e. The highest BCUT2D eigenvalue weighted by molar-refractivity contribution is 7.20. The fourth-order valence-corrected chi connectivity index (χ4v) is 12.2. The van der Waals surface area contributed by atoms with E-state index in [1.807, 2.05) is 11.3 Å². The van der Waals surface area contributed by atoms with E-state index in [4.69, 9.17) is 0 Å². The molecule has 0 aliphatic heterocycles. The van der Waals surface area contributed by atoms with Crippen molar-refractivity contribution in [2.24, 2.45) is 0 Å². The fourth-order valence-electron chi connectivity index (χ4n) is 10.9. The number of fused-ring (bicyclic) bond motifs is 13. The third-order valence-electron chi connectivity index (χ3n) is 13.4. The van der Waals surface area contributed by atoms with E-state index in [0.29, 0.717) is 5.92 Å². The Morgan fingerprint density at radius 1 is 0.500 bits per heavy atom. The van der Waals surface area contributed by atoms with Crippen LogP contribution in [-0.4, -0.2) is 0 Å². The maximum atomic E-state index is 2.61. The quantitative estimate of drug-likeness (QED) is 0.177. The van der Waals surface area contributed by atoms with Crippen LogP contribution in [0.1, 0.15) is 71.9 Å². The number of thiophene rings is 1. The molecule has 1 nitrogen and oxygen atoms in total. The lowest BCUT2D eigenvalue weighted by atomic mass is 9.79. The summed E-state index contributed by atoms with van der Waals surface area (Å²) in [6.07, 6.45) is 1.03. The zero-order valence-electron chi connectivity index (χ0n) is 31.0. The molecule has 0 bridgehead atoms. The standard InChI is InChI=1S/C52H39NS/c1-51(2)39-19-8-5-14-33(39)48-41(51)21-12-23-43(48)53(44-24-13-22-42-49(44)34-15-6-9-20-40(34)52(42,3)4)31-27-26-30-28-38-46-32(37(30)29-31)17-11-18-36(46)47-35-16-7-10-25-45(35)54-50(38)47/h5-27,29,38H,28H2,1-4H3. The predicted molar refractivity (Wildman–Crippen MR) is 228 cm³/mol. The molecule has 0 spiro atoms. The molecule has 4 aliphatic rings. The molecule has 1 unspecified atom stereocenters. The molecule has 7 aromatic carbocycles. The van der Waals surface area contributed by atoms with E-state index in [-0.39, 0.29) is 10.8 Å². The first-order valence-corrected chi connectivity index (χ1v) is 20.2. The minimum atomic E-state index is -0.0969. The zero-order chi connectivity index (χ0) is 36.1. The molecule has 1 heterocycles. The van der Waals surface area contributed by atoms with Crippen LogP contribution in [0.3, 0.4) is 0 Å². The lowest BCUT2D eigenvalue weighted by molar-refractivity contribution is 0.660. The molecule has 0 amide bonds. The Bertz CT molecular complexity index is 2830. The Hall–Kier alpha value is -5.70. The average molecular weight is 710 g/mol. The van der Waals surface area contributed by atoms with Crippen molar-refractivity contribution >= 4 is 38.5 Å². The largest absolute Gasteiger partial charge is 0.309 e. The summed E-state index contributed by atoms with van der Waals surface area (Å²) in [4.78, 5) is 4.14. The Morgan fingerprint density at radius 2 is 1.06 bits per heavy atom. The lowest BCUT2D eigenvalue weighted by Gasteiger charge is -2.33. The molecule has 54 heavy (non-hydrogen) atoms. The van der Waals surface area contributed by atoms with Gasteiger partial charge in [-0.15, -0.1) is 11.3 Å². The number of hydrogen-bond donors (Lipinski definition) is 0. The summed E-state index contributed by atoms with van der Waals surface area (Å²) < 4.78 is 1.40. The summed E-state index contributed by atoms with van der Waals surface area (Å²) in [5, 5.41) is 1.40. The second kappa shape index (κ2) is 10.5. The number of benzene rings is 7. The van der Waals surface area contributed by atoms with Crippen LogP contribution in [0.15, 0.2) is 146 Å². The number of rotatable bonds is 3. The van der Waals surface area contributed by atoms with Gasteiger partial charge in [0.25, 0.3) is 0 Å². The molecule has 258 valence electrons. The predicted octanol–water partition coefficient (Wildman–Crippen LogP) is 14.3. The zero-order valence-corrected chi connectivity index (χ0v) is 31.8. The number of nitrogens with zero attached hydrogens (tertiary/aromatic N) is 1. The fraction of sp³-hybridized carbons (Fsp3) is 0.154. The molecular formula is C52H39NS. The lowest BCUT2D eigenvalue weighted by Crippen LogP contribution is -2.17. The van der Waals surface area contributed by atoms with Crippen LogP contribution in [0.4, 0.5) is 17.1 Å². The van der Waals surface area contributed by atoms with Crippen LogP contribution in [0.5, 0.6) is 0 Å². The van der Waals surface area contributed by atoms with Crippen molar-refractivity contribution in [1.29, 1.82) is 0 Å². The van der Waals surface area contributed by atoms with Crippen molar-refractivity contribution in [3.8, 4) is 44.5 Å². The van der Waals surface area contributed by atoms with Crippen LogP contribution in [-0.2, 0) is 17.3 Å². The average Bonchev–Trinajstić information content (AvgIpc) is 3.87. The van der Waals surface area contributed by atoms with Gasteiger partial charge in [0.2, 0.25) is 0 Å². The molecule has 0 fully saturated rings. The van der Waals surface area contributed by atoms with Crippen molar-refractivity contribution in [3.63, 3.8) is 0 Å². The highest BCUT2D eigenvalue weighted by Crippen LogP contribution is 2.61. The molecule has 0 saturated heterocycles. The SMILES string of the molecule is CC1(C)c2ccccc2-c2c(N(c3ccc4c(c3)-c3cccc5c3C(C4)c3sc4ccccc4c3-5)c3cccc4c3-c3ccccc3C4(C)C)cccc21. The van der Waals surface area contributed by atoms with Gasteiger partial charge in [0.15, 0.2) is 0 Å². The van der Waals surface area contributed by atoms with E-state index >= 15 is 0 Å². The molecule has 8 aromatic rings. The summed E-state index contributed by atoms with van der Waals surface area (Å²) in [5.74, 6) is 0.408. The van der Waals surface area contributed by atoms with Crippen molar-refractivity contribution in [3.05, 3.63) is 184 Å². The highest BCUT2D eigenvalue weighted by atomic mass is 32.1. The van der Waals surface area contributed by atoms with E-state index in [9.17, 15) is 0 Å². The van der Waals surface area contributed by atoms with Gasteiger partial charge in [-0.05, 0) is 98.0 Å². The Kier molecular flexibility index (Phi) is 5.97. The van der Waals surface area contributed by atoms with Crippen LogP contribution < -0.4 is 4.90 Å². The van der Waals surface area contributed by atoms with Gasteiger partial charge in [-0.25, -0.2) is 0 Å². The summed E-state index contributed by atoms with van der Waals surface area (Å²) in [7, 11) is 0. The van der Waals surface area contributed by atoms with Gasteiger partial charge in [0, 0.05) is 54.1 Å². The van der Waals surface area contributed by atoms with E-state index in [2.05, 4.69) is 178 Å². The summed E-state index contributed by atoms with van der Waals surface area (Å²) in [6, 6.07) is 55.5. The Labute approximate surface area is 321 Å². The first-order valence-electron chi connectivity index (χ1n) is 19.4. The molecule has 12 rings (SSSR count). The minimum Gasteiger partial charge on any atom is -0.309 e. The van der Waals surface area contributed by atoms with Crippen molar-refractivity contribution in [1.82, 2.24) is 0 Å². The maximum Gasteiger partial charge on any atom is 0.0543 e. The third kappa shape index (κ3) is 3.79. The van der Waals surface area contributed by atoms with Gasteiger partial charge in [0.1, 0.15) is 0 Å². The van der Waals surface area contributed by atoms with Crippen LogP contribution >= 0.6 is 11.3 Å². The third-order valence-corrected chi connectivity index (χ3v) is 14.7. The minimum absolute atomic E-state index is 0.0969. The Morgan fingerprint density at radius 3 is 1.74 bits per heavy atom. The molecule has 1 atom stereocenters. The van der Waals surface area contributed by atoms with Gasteiger partial charge in [-0.3, -0.25) is 0 Å².